The lowest BCUT2D eigenvalue weighted by Crippen LogP contribution is -2.26. The molecule has 0 unspecified atom stereocenters. The maximum Gasteiger partial charge on any atom is 0.338 e. The number of Topliss-reactive ketones (excluding diaryl/α,β-unsaturated/α-hetero) is 1. The lowest BCUT2D eigenvalue weighted by Gasteiger charge is -2.20. The number of ether oxygens (including phenoxy) is 3. The van der Waals surface area contributed by atoms with Crippen LogP contribution >= 0.6 is 0 Å². The van der Waals surface area contributed by atoms with E-state index in [4.69, 9.17) is 14.2 Å². The molecule has 0 aromatic heterocycles. The first-order valence-corrected chi connectivity index (χ1v) is 12.0. The normalized spacial score (nSPS) is 12.6. The van der Waals surface area contributed by atoms with Crippen molar-refractivity contribution in [2.75, 3.05) is 31.2 Å². The van der Waals surface area contributed by atoms with Gasteiger partial charge in [0.15, 0.2) is 23.9 Å². The topological polar surface area (TPSA) is 99.2 Å². The van der Waals surface area contributed by atoms with Crippen molar-refractivity contribution in [3.8, 4) is 11.5 Å². The lowest BCUT2D eigenvalue weighted by atomic mass is 10.1. The number of sulfonamides is 1. The summed E-state index contributed by atoms with van der Waals surface area (Å²) in [6.07, 6.45) is 0. The van der Waals surface area contributed by atoms with Crippen LogP contribution in [0.1, 0.15) is 26.3 Å². The van der Waals surface area contributed by atoms with Crippen molar-refractivity contribution in [3.63, 3.8) is 0 Å². The fourth-order valence-corrected chi connectivity index (χ4v) is 4.59. The molecule has 0 saturated heterocycles. The van der Waals surface area contributed by atoms with Gasteiger partial charge in [-0.3, -0.25) is 9.10 Å². The summed E-state index contributed by atoms with van der Waals surface area (Å²) in [4.78, 5) is 25.0. The Labute approximate surface area is 197 Å². The summed E-state index contributed by atoms with van der Waals surface area (Å²) in [7, 11) is -2.47. The molecule has 34 heavy (non-hydrogen) atoms. The second-order valence-corrected chi connectivity index (χ2v) is 9.66. The summed E-state index contributed by atoms with van der Waals surface area (Å²) < 4.78 is 43.3. The van der Waals surface area contributed by atoms with Crippen LogP contribution in [0.15, 0.2) is 71.6 Å². The molecule has 0 spiro atoms. The van der Waals surface area contributed by atoms with Gasteiger partial charge >= 0.3 is 5.97 Å². The SMILES string of the molecule is Cc1ccc(N(C)S(=O)(=O)c2cccc(C(=O)OCC(=O)c3ccc4c(c3)OCCO4)c2)cc1. The highest BCUT2D eigenvalue weighted by Crippen LogP contribution is 2.31. The highest BCUT2D eigenvalue weighted by atomic mass is 32.2. The number of carbonyl (C=O) groups excluding carboxylic acids is 2. The number of rotatable bonds is 7. The van der Waals surface area contributed by atoms with Crippen molar-refractivity contribution in [1.29, 1.82) is 0 Å². The summed E-state index contributed by atoms with van der Waals surface area (Å²) in [5.74, 6) is -0.221. The number of ketones is 1. The third kappa shape index (κ3) is 4.89. The maximum absolute atomic E-state index is 13.1. The predicted molar refractivity (Wildman–Crippen MR) is 125 cm³/mol. The standard InChI is InChI=1S/C25H23NO7S/c1-17-6-9-20(10-7-17)26(2)34(29,30)21-5-3-4-19(14-21)25(28)33-16-22(27)18-8-11-23-24(15-18)32-13-12-31-23/h3-11,14-15H,12-13,16H2,1-2H3. The Morgan fingerprint density at radius 3 is 2.35 bits per heavy atom. The molecule has 0 amide bonds. The minimum atomic E-state index is -3.91. The fraction of sp³-hybridized carbons (Fsp3) is 0.200. The largest absolute Gasteiger partial charge is 0.486 e. The van der Waals surface area contributed by atoms with Crippen molar-refractivity contribution in [2.45, 2.75) is 11.8 Å². The van der Waals surface area contributed by atoms with Crippen molar-refractivity contribution < 1.29 is 32.2 Å². The van der Waals surface area contributed by atoms with E-state index in [0.717, 1.165) is 9.87 Å². The Bertz CT molecular complexity index is 1330. The molecule has 3 aromatic carbocycles. The number of benzene rings is 3. The zero-order chi connectivity index (χ0) is 24.3. The second kappa shape index (κ2) is 9.56. The highest BCUT2D eigenvalue weighted by molar-refractivity contribution is 7.92. The second-order valence-electron chi connectivity index (χ2n) is 7.69. The van der Waals surface area contributed by atoms with E-state index >= 15 is 0 Å². The van der Waals surface area contributed by atoms with Crippen LogP contribution in [0.5, 0.6) is 11.5 Å². The Hall–Kier alpha value is -3.85. The molecule has 4 rings (SSSR count). The quantitative estimate of drug-likeness (QED) is 0.375. The van der Waals surface area contributed by atoms with Crippen LogP contribution in [0.25, 0.3) is 0 Å². The molecule has 0 atom stereocenters. The number of aryl methyl sites for hydroxylation is 1. The zero-order valence-corrected chi connectivity index (χ0v) is 19.5. The number of anilines is 1. The van der Waals surface area contributed by atoms with E-state index in [1.807, 2.05) is 19.1 Å². The smallest absolute Gasteiger partial charge is 0.338 e. The molecular weight excluding hydrogens is 458 g/mol. The zero-order valence-electron chi connectivity index (χ0n) is 18.7. The summed E-state index contributed by atoms with van der Waals surface area (Å²) in [6, 6.07) is 17.3. The van der Waals surface area contributed by atoms with Crippen molar-refractivity contribution in [1.82, 2.24) is 0 Å². The van der Waals surface area contributed by atoms with Crippen molar-refractivity contribution in [2.24, 2.45) is 0 Å². The molecule has 0 fully saturated rings. The minimum absolute atomic E-state index is 0.0216. The Morgan fingerprint density at radius 1 is 0.912 bits per heavy atom. The number of carbonyl (C=O) groups is 2. The van der Waals surface area contributed by atoms with Gasteiger partial charge in [0.2, 0.25) is 0 Å². The van der Waals surface area contributed by atoms with Gasteiger partial charge in [-0.05, 0) is 55.5 Å². The number of fused-ring (bicyclic) bond motifs is 1. The molecule has 1 heterocycles. The van der Waals surface area contributed by atoms with E-state index in [1.54, 1.807) is 30.3 Å². The van der Waals surface area contributed by atoms with Gasteiger partial charge in [-0.15, -0.1) is 0 Å². The molecule has 1 aliphatic heterocycles. The molecule has 3 aromatic rings. The van der Waals surface area contributed by atoms with E-state index in [9.17, 15) is 18.0 Å². The molecule has 0 aliphatic carbocycles. The number of esters is 1. The van der Waals surface area contributed by atoms with Gasteiger partial charge in [0, 0.05) is 12.6 Å². The van der Waals surface area contributed by atoms with Gasteiger partial charge in [0.05, 0.1) is 16.1 Å². The van der Waals surface area contributed by atoms with E-state index in [-0.39, 0.29) is 10.5 Å². The maximum atomic E-state index is 13.1. The first kappa shape index (κ1) is 23.3. The van der Waals surface area contributed by atoms with Crippen LogP contribution in [-0.2, 0) is 14.8 Å². The van der Waals surface area contributed by atoms with Gasteiger partial charge in [0.1, 0.15) is 13.2 Å². The molecule has 0 saturated carbocycles. The minimum Gasteiger partial charge on any atom is -0.486 e. The Morgan fingerprint density at radius 2 is 1.62 bits per heavy atom. The lowest BCUT2D eigenvalue weighted by molar-refractivity contribution is 0.0474. The van der Waals surface area contributed by atoms with Gasteiger partial charge in [-0.25, -0.2) is 13.2 Å². The number of hydrogen-bond acceptors (Lipinski definition) is 7. The molecule has 176 valence electrons. The predicted octanol–water partition coefficient (Wildman–Crippen LogP) is 3.63. The number of nitrogens with zero attached hydrogens (tertiary/aromatic N) is 1. The molecular formula is C25H23NO7S. The molecule has 0 bridgehead atoms. The Kier molecular flexibility index (Phi) is 6.56. The summed E-state index contributed by atoms with van der Waals surface area (Å²) >= 11 is 0. The average molecular weight is 482 g/mol. The summed E-state index contributed by atoms with van der Waals surface area (Å²) in [6.45, 7) is 2.23. The Balaban J connectivity index is 1.45. The van der Waals surface area contributed by atoms with Crippen molar-refractivity contribution >= 4 is 27.5 Å². The van der Waals surface area contributed by atoms with Crippen LogP contribution in [0, 0.1) is 6.92 Å². The molecule has 8 nitrogen and oxygen atoms in total. The first-order chi connectivity index (χ1) is 16.3. The van der Waals surface area contributed by atoms with Crippen LogP contribution in [0.4, 0.5) is 5.69 Å². The van der Waals surface area contributed by atoms with Crippen LogP contribution < -0.4 is 13.8 Å². The van der Waals surface area contributed by atoms with Crippen LogP contribution in [-0.4, -0.2) is 47.0 Å². The third-order valence-corrected chi connectivity index (χ3v) is 7.11. The molecule has 0 N–H and O–H groups in total. The summed E-state index contributed by atoms with van der Waals surface area (Å²) in [5, 5.41) is 0. The van der Waals surface area contributed by atoms with Gasteiger partial charge in [-0.1, -0.05) is 23.8 Å². The van der Waals surface area contributed by atoms with E-state index < -0.39 is 28.4 Å². The molecule has 0 radical (unpaired) electrons. The number of hydrogen-bond donors (Lipinski definition) is 0. The third-order valence-electron chi connectivity index (χ3n) is 5.32. The van der Waals surface area contributed by atoms with Gasteiger partial charge < -0.3 is 14.2 Å². The van der Waals surface area contributed by atoms with Gasteiger partial charge in [0.25, 0.3) is 10.0 Å². The van der Waals surface area contributed by atoms with E-state index in [0.29, 0.717) is 36.0 Å². The first-order valence-electron chi connectivity index (χ1n) is 10.5. The highest BCUT2D eigenvalue weighted by Gasteiger charge is 2.23. The monoisotopic (exact) mass is 481 g/mol. The van der Waals surface area contributed by atoms with Crippen LogP contribution in [0.2, 0.25) is 0 Å². The van der Waals surface area contributed by atoms with Crippen molar-refractivity contribution in [3.05, 3.63) is 83.4 Å². The van der Waals surface area contributed by atoms with Gasteiger partial charge in [-0.2, -0.15) is 0 Å². The molecule has 9 heteroatoms. The fourth-order valence-electron chi connectivity index (χ4n) is 3.35. The van der Waals surface area contributed by atoms with E-state index in [1.165, 1.54) is 31.3 Å². The summed E-state index contributed by atoms with van der Waals surface area (Å²) in [5.41, 5.74) is 1.83. The average Bonchev–Trinajstić information content (AvgIpc) is 2.86. The van der Waals surface area contributed by atoms with Crippen LogP contribution in [0.3, 0.4) is 0 Å². The molecule has 1 aliphatic rings. The van der Waals surface area contributed by atoms with E-state index in [2.05, 4.69) is 0 Å².